The highest BCUT2D eigenvalue weighted by Crippen LogP contribution is 2.25. The summed E-state index contributed by atoms with van der Waals surface area (Å²) in [5, 5.41) is 24.0. The first-order valence-electron chi connectivity index (χ1n) is 7.54. The van der Waals surface area contributed by atoms with Crippen LogP contribution in [0, 0.1) is 0 Å². The van der Waals surface area contributed by atoms with Gasteiger partial charge in [0, 0.05) is 5.39 Å². The third kappa shape index (κ3) is 2.59. The van der Waals surface area contributed by atoms with Gasteiger partial charge in [0.2, 0.25) is 5.91 Å². The van der Waals surface area contributed by atoms with Crippen LogP contribution in [0.3, 0.4) is 0 Å². The van der Waals surface area contributed by atoms with Gasteiger partial charge in [-0.1, -0.05) is 24.3 Å². The topological polar surface area (TPSA) is 113 Å². The van der Waals surface area contributed by atoms with Gasteiger partial charge < -0.3 is 10.4 Å². The van der Waals surface area contributed by atoms with Gasteiger partial charge in [-0.15, -0.1) is 0 Å². The molecule has 4 aromatic rings. The van der Waals surface area contributed by atoms with Gasteiger partial charge in [-0.05, 0) is 18.2 Å². The molecule has 8 nitrogen and oxygen atoms in total. The predicted octanol–water partition coefficient (Wildman–Crippen LogP) is 2.25. The number of carboxylic acids is 1. The standard InChI is InChI=1S/C17H13N5O3/c23-14(9-22-13-7-2-1-4-10(13)8-18-22)19-11-5-3-6-12-15(11)16(17(24)25)21-20-12/h1-8H,9H2,(H,19,23)(H,20,21)(H,24,25). The zero-order valence-corrected chi connectivity index (χ0v) is 12.9. The third-order valence-corrected chi connectivity index (χ3v) is 3.91. The molecule has 2 heterocycles. The molecule has 25 heavy (non-hydrogen) atoms. The van der Waals surface area contributed by atoms with Crippen molar-refractivity contribution >= 4 is 39.4 Å². The summed E-state index contributed by atoms with van der Waals surface area (Å²) in [6.45, 7) is 0.0180. The van der Waals surface area contributed by atoms with Gasteiger partial charge in [0.05, 0.1) is 28.3 Å². The number of nitrogens with zero attached hydrogens (tertiary/aromatic N) is 3. The van der Waals surface area contributed by atoms with Crippen molar-refractivity contribution in [2.45, 2.75) is 6.54 Å². The molecule has 0 unspecified atom stereocenters. The molecule has 0 bridgehead atoms. The Morgan fingerprint density at radius 1 is 1.16 bits per heavy atom. The van der Waals surface area contributed by atoms with E-state index in [1.165, 1.54) is 0 Å². The highest BCUT2D eigenvalue weighted by atomic mass is 16.4. The van der Waals surface area contributed by atoms with Crippen LogP contribution in [-0.2, 0) is 11.3 Å². The number of rotatable bonds is 4. The number of carboxylic acid groups (broad SMARTS) is 1. The average Bonchev–Trinajstić information content (AvgIpc) is 3.20. The van der Waals surface area contributed by atoms with Crippen molar-refractivity contribution in [2.75, 3.05) is 5.32 Å². The minimum Gasteiger partial charge on any atom is -0.476 e. The van der Waals surface area contributed by atoms with Gasteiger partial charge in [-0.2, -0.15) is 10.2 Å². The van der Waals surface area contributed by atoms with Crippen LogP contribution in [0.4, 0.5) is 5.69 Å². The lowest BCUT2D eigenvalue weighted by atomic mass is 10.1. The molecule has 3 N–H and O–H groups in total. The number of carbonyl (C=O) groups excluding carboxylic acids is 1. The van der Waals surface area contributed by atoms with Crippen LogP contribution in [0.15, 0.2) is 48.7 Å². The van der Waals surface area contributed by atoms with Crippen LogP contribution in [0.25, 0.3) is 21.8 Å². The van der Waals surface area contributed by atoms with Gasteiger partial charge in [0.1, 0.15) is 6.54 Å². The van der Waals surface area contributed by atoms with Crippen molar-refractivity contribution in [3.8, 4) is 0 Å². The number of carbonyl (C=O) groups is 2. The zero-order valence-electron chi connectivity index (χ0n) is 12.9. The van der Waals surface area contributed by atoms with Gasteiger partial charge in [-0.3, -0.25) is 14.6 Å². The van der Waals surface area contributed by atoms with Gasteiger partial charge in [0.25, 0.3) is 0 Å². The van der Waals surface area contributed by atoms with Gasteiger partial charge in [-0.25, -0.2) is 4.79 Å². The van der Waals surface area contributed by atoms with E-state index in [2.05, 4.69) is 20.6 Å². The Morgan fingerprint density at radius 3 is 2.84 bits per heavy atom. The number of amides is 1. The molecule has 0 fully saturated rings. The van der Waals surface area contributed by atoms with E-state index < -0.39 is 5.97 Å². The number of aromatic carboxylic acids is 1. The Balaban J connectivity index is 1.64. The summed E-state index contributed by atoms with van der Waals surface area (Å²) in [5.41, 5.74) is 1.66. The van der Waals surface area contributed by atoms with Crippen molar-refractivity contribution in [1.82, 2.24) is 20.0 Å². The van der Waals surface area contributed by atoms with Crippen LogP contribution in [0.2, 0.25) is 0 Å². The monoisotopic (exact) mass is 335 g/mol. The lowest BCUT2D eigenvalue weighted by Gasteiger charge is -2.08. The van der Waals surface area contributed by atoms with E-state index in [-0.39, 0.29) is 18.1 Å². The number of para-hydroxylation sites is 1. The van der Waals surface area contributed by atoms with Crippen LogP contribution in [-0.4, -0.2) is 37.0 Å². The minimum atomic E-state index is -1.16. The van der Waals surface area contributed by atoms with Crippen LogP contribution in [0.1, 0.15) is 10.5 Å². The Hall–Kier alpha value is -3.68. The van der Waals surface area contributed by atoms with E-state index in [9.17, 15) is 14.7 Å². The van der Waals surface area contributed by atoms with Crippen molar-refractivity contribution in [1.29, 1.82) is 0 Å². The first-order valence-corrected chi connectivity index (χ1v) is 7.54. The fourth-order valence-electron chi connectivity index (χ4n) is 2.81. The summed E-state index contributed by atoms with van der Waals surface area (Å²) >= 11 is 0. The Kier molecular flexibility index (Phi) is 3.42. The molecule has 0 saturated heterocycles. The molecule has 1 amide bonds. The number of benzene rings is 2. The molecule has 0 saturated carbocycles. The first kappa shape index (κ1) is 14.9. The average molecular weight is 335 g/mol. The van der Waals surface area contributed by atoms with E-state index in [0.717, 1.165) is 10.9 Å². The molecule has 0 spiro atoms. The molecule has 124 valence electrons. The smallest absolute Gasteiger partial charge is 0.357 e. The molecule has 2 aromatic carbocycles. The predicted molar refractivity (Wildman–Crippen MR) is 91.4 cm³/mol. The fourth-order valence-corrected chi connectivity index (χ4v) is 2.81. The van der Waals surface area contributed by atoms with Gasteiger partial charge >= 0.3 is 5.97 Å². The number of anilines is 1. The Bertz CT molecular complexity index is 1110. The van der Waals surface area contributed by atoms with E-state index >= 15 is 0 Å². The summed E-state index contributed by atoms with van der Waals surface area (Å²) in [7, 11) is 0. The lowest BCUT2D eigenvalue weighted by Crippen LogP contribution is -2.19. The fraction of sp³-hybridized carbons (Fsp3) is 0.0588. The van der Waals surface area contributed by atoms with E-state index in [0.29, 0.717) is 16.6 Å². The second-order valence-electron chi connectivity index (χ2n) is 5.51. The number of aromatic amines is 1. The molecule has 0 aliphatic carbocycles. The summed E-state index contributed by atoms with van der Waals surface area (Å²) in [4.78, 5) is 23.7. The van der Waals surface area contributed by atoms with Crippen LogP contribution >= 0.6 is 0 Å². The maximum Gasteiger partial charge on any atom is 0.357 e. The minimum absolute atomic E-state index is 0.0180. The molecular weight excluding hydrogens is 322 g/mol. The molecular formula is C17H13N5O3. The summed E-state index contributed by atoms with van der Waals surface area (Å²) < 4.78 is 1.60. The lowest BCUT2D eigenvalue weighted by molar-refractivity contribution is -0.116. The van der Waals surface area contributed by atoms with E-state index in [1.54, 1.807) is 29.1 Å². The molecule has 8 heteroatoms. The number of hydrogen-bond acceptors (Lipinski definition) is 4. The maximum absolute atomic E-state index is 12.4. The maximum atomic E-state index is 12.4. The summed E-state index contributed by atoms with van der Waals surface area (Å²) in [5.74, 6) is -1.47. The molecule has 4 rings (SSSR count). The Morgan fingerprint density at radius 2 is 2.00 bits per heavy atom. The highest BCUT2D eigenvalue weighted by Gasteiger charge is 2.17. The third-order valence-electron chi connectivity index (χ3n) is 3.91. The zero-order chi connectivity index (χ0) is 17.4. The van der Waals surface area contributed by atoms with Crippen LogP contribution in [0.5, 0.6) is 0 Å². The van der Waals surface area contributed by atoms with Crippen molar-refractivity contribution in [3.05, 3.63) is 54.4 Å². The van der Waals surface area contributed by atoms with Crippen molar-refractivity contribution in [3.63, 3.8) is 0 Å². The summed E-state index contributed by atoms with van der Waals surface area (Å²) in [6, 6.07) is 12.6. The quantitative estimate of drug-likeness (QED) is 0.529. The van der Waals surface area contributed by atoms with Crippen molar-refractivity contribution < 1.29 is 14.7 Å². The van der Waals surface area contributed by atoms with Crippen LogP contribution < -0.4 is 5.32 Å². The number of fused-ring (bicyclic) bond motifs is 2. The molecule has 0 atom stereocenters. The largest absolute Gasteiger partial charge is 0.476 e. The van der Waals surface area contributed by atoms with E-state index in [4.69, 9.17) is 0 Å². The second-order valence-corrected chi connectivity index (χ2v) is 5.51. The number of aromatic nitrogens is 4. The second kappa shape index (κ2) is 5.75. The molecule has 0 aliphatic rings. The molecule has 0 radical (unpaired) electrons. The van der Waals surface area contributed by atoms with Gasteiger partial charge in [0.15, 0.2) is 5.69 Å². The number of nitrogens with one attached hydrogen (secondary N) is 2. The SMILES string of the molecule is O=C(Cn1ncc2ccccc21)Nc1cccc2[nH]nc(C(=O)O)c12. The highest BCUT2D eigenvalue weighted by molar-refractivity contribution is 6.09. The molecule has 2 aromatic heterocycles. The van der Waals surface area contributed by atoms with E-state index in [1.807, 2.05) is 24.3 Å². The number of hydrogen-bond donors (Lipinski definition) is 3. The normalized spacial score (nSPS) is 11.0. The Labute approximate surface area is 141 Å². The summed E-state index contributed by atoms with van der Waals surface area (Å²) in [6.07, 6.45) is 1.70. The number of H-pyrrole nitrogens is 1. The van der Waals surface area contributed by atoms with Crippen molar-refractivity contribution in [2.24, 2.45) is 0 Å². The first-order chi connectivity index (χ1) is 12.1. The molecule has 0 aliphatic heterocycles.